The lowest BCUT2D eigenvalue weighted by Gasteiger charge is -1.77. The number of thiazole rings is 1. The molecule has 0 saturated carbocycles. The molecule has 1 aromatic heterocycles. The number of aromatic nitrogens is 1. The van der Waals surface area contributed by atoms with Crippen molar-refractivity contribution in [1.29, 1.82) is 0 Å². The molecule has 9 heavy (non-hydrogen) atoms. The van der Waals surface area contributed by atoms with Crippen LogP contribution in [0.25, 0.3) is 0 Å². The van der Waals surface area contributed by atoms with Gasteiger partial charge >= 0.3 is 0 Å². The summed E-state index contributed by atoms with van der Waals surface area (Å²) in [4.78, 5) is 5.35. The van der Waals surface area contributed by atoms with Crippen molar-refractivity contribution in [2.75, 3.05) is 0 Å². The standard InChI is InChI=1S/C5H7NS.I2/c1-4-5(2)7-3-6-4;1-2/h3H,1-2H3;. The Bertz CT molecular complexity index is 147. The van der Waals surface area contributed by atoms with Gasteiger partial charge in [0, 0.05) is 42.1 Å². The average molecular weight is 367 g/mol. The Morgan fingerprint density at radius 3 is 2.11 bits per heavy atom. The zero-order valence-electron chi connectivity index (χ0n) is 5.19. The van der Waals surface area contributed by atoms with Gasteiger partial charge in [0.25, 0.3) is 0 Å². The molecule has 0 amide bonds. The van der Waals surface area contributed by atoms with Crippen LogP contribution in [0.15, 0.2) is 5.51 Å². The first-order valence-electron chi connectivity index (χ1n) is 2.31. The SMILES string of the molecule is Cc1ncsc1C.II. The van der Waals surface area contributed by atoms with Crippen molar-refractivity contribution in [3.05, 3.63) is 16.1 Å². The van der Waals surface area contributed by atoms with Gasteiger partial charge in [0.05, 0.1) is 11.2 Å². The Balaban J connectivity index is 0.000000291. The summed E-state index contributed by atoms with van der Waals surface area (Å²) in [6.45, 7) is 4.10. The number of hydrogen-bond donors (Lipinski definition) is 0. The van der Waals surface area contributed by atoms with Gasteiger partial charge in [0.1, 0.15) is 0 Å². The van der Waals surface area contributed by atoms with E-state index in [0.29, 0.717) is 0 Å². The topological polar surface area (TPSA) is 12.9 Å². The summed E-state index contributed by atoms with van der Waals surface area (Å²) in [7, 11) is 0. The number of hydrogen-bond acceptors (Lipinski definition) is 2. The maximum atomic E-state index is 4.03. The molecule has 1 rings (SSSR count). The number of nitrogens with zero attached hydrogens (tertiary/aromatic N) is 1. The first-order valence-corrected chi connectivity index (χ1v) is 9.48. The van der Waals surface area contributed by atoms with Crippen molar-refractivity contribution in [2.24, 2.45) is 0 Å². The summed E-state index contributed by atoms with van der Waals surface area (Å²) < 4.78 is 0. The third-order valence-electron chi connectivity index (χ3n) is 0.985. The molecular formula is C5H7I2NS. The van der Waals surface area contributed by atoms with Crippen LogP contribution in [0.3, 0.4) is 0 Å². The Morgan fingerprint density at radius 1 is 1.44 bits per heavy atom. The van der Waals surface area contributed by atoms with E-state index in [9.17, 15) is 0 Å². The quantitative estimate of drug-likeness (QED) is 0.640. The normalized spacial score (nSPS) is 8.00. The molecule has 0 atom stereocenters. The number of rotatable bonds is 0. The van der Waals surface area contributed by atoms with E-state index in [2.05, 4.69) is 49.1 Å². The Hall–Kier alpha value is 1.09. The van der Waals surface area contributed by atoms with E-state index in [4.69, 9.17) is 0 Å². The lowest BCUT2D eigenvalue weighted by Crippen LogP contribution is -1.68. The van der Waals surface area contributed by atoms with E-state index in [-0.39, 0.29) is 0 Å². The molecule has 0 saturated heterocycles. The van der Waals surface area contributed by atoms with Gasteiger partial charge in [-0.1, -0.05) is 0 Å². The van der Waals surface area contributed by atoms with Crippen molar-refractivity contribution in [3.63, 3.8) is 0 Å². The van der Waals surface area contributed by atoms with Crippen LogP contribution in [0.2, 0.25) is 0 Å². The summed E-state index contributed by atoms with van der Waals surface area (Å²) in [5, 5.41) is 0. The fourth-order valence-corrected chi connectivity index (χ4v) is 0.953. The zero-order chi connectivity index (χ0) is 7.28. The molecule has 0 fully saturated rings. The summed E-state index contributed by atoms with van der Waals surface area (Å²) in [6, 6.07) is 0. The molecule has 0 N–H and O–H groups in total. The van der Waals surface area contributed by atoms with Crippen LogP contribution >= 0.6 is 48.6 Å². The number of halogens is 2. The van der Waals surface area contributed by atoms with Gasteiger partial charge in [-0.3, -0.25) is 0 Å². The second-order valence-corrected chi connectivity index (χ2v) is 2.55. The Labute approximate surface area is 82.6 Å². The molecule has 52 valence electrons. The highest BCUT2D eigenvalue weighted by Gasteiger charge is 1.88. The van der Waals surface area contributed by atoms with Crippen molar-refractivity contribution >= 4 is 48.6 Å². The maximum Gasteiger partial charge on any atom is 0.0797 e. The fraction of sp³-hybridized carbons (Fsp3) is 0.400. The molecular weight excluding hydrogens is 360 g/mol. The molecule has 0 spiro atoms. The first kappa shape index (κ1) is 10.1. The third kappa shape index (κ3) is 3.72. The molecule has 0 unspecified atom stereocenters. The van der Waals surface area contributed by atoms with Crippen LogP contribution < -0.4 is 0 Å². The van der Waals surface area contributed by atoms with Gasteiger partial charge in [-0.25, -0.2) is 4.98 Å². The van der Waals surface area contributed by atoms with Crippen LogP contribution in [-0.4, -0.2) is 4.98 Å². The van der Waals surface area contributed by atoms with Crippen LogP contribution in [0.4, 0.5) is 0 Å². The minimum Gasteiger partial charge on any atom is -0.250 e. The van der Waals surface area contributed by atoms with Gasteiger partial charge in [-0.05, 0) is 13.8 Å². The molecule has 1 aromatic rings. The molecule has 0 radical (unpaired) electrons. The monoisotopic (exact) mass is 367 g/mol. The molecule has 0 aromatic carbocycles. The zero-order valence-corrected chi connectivity index (χ0v) is 10.3. The second-order valence-electron chi connectivity index (χ2n) is 1.49. The smallest absolute Gasteiger partial charge is 0.0797 e. The van der Waals surface area contributed by atoms with Gasteiger partial charge in [0.15, 0.2) is 0 Å². The largest absolute Gasteiger partial charge is 0.250 e. The molecule has 0 bridgehead atoms. The van der Waals surface area contributed by atoms with Crippen LogP contribution in [0.1, 0.15) is 10.6 Å². The van der Waals surface area contributed by atoms with E-state index in [1.54, 1.807) is 11.3 Å². The third-order valence-corrected chi connectivity index (χ3v) is 1.85. The number of aryl methyl sites for hydroxylation is 2. The van der Waals surface area contributed by atoms with Gasteiger partial charge < -0.3 is 0 Å². The van der Waals surface area contributed by atoms with Gasteiger partial charge in [-0.15, -0.1) is 11.3 Å². The summed E-state index contributed by atoms with van der Waals surface area (Å²) in [5.74, 6) is 0. The lowest BCUT2D eigenvalue weighted by atomic mass is 10.4. The highest BCUT2D eigenvalue weighted by atomic mass is 128. The van der Waals surface area contributed by atoms with Crippen molar-refractivity contribution < 1.29 is 0 Å². The van der Waals surface area contributed by atoms with Crippen molar-refractivity contribution in [1.82, 2.24) is 4.98 Å². The molecule has 0 aliphatic rings. The van der Waals surface area contributed by atoms with E-state index in [1.165, 1.54) is 4.88 Å². The summed E-state index contributed by atoms with van der Waals surface area (Å²) >= 11 is 5.93. The molecule has 4 heteroatoms. The summed E-state index contributed by atoms with van der Waals surface area (Å²) in [6.07, 6.45) is 0. The van der Waals surface area contributed by atoms with Gasteiger partial charge in [0.2, 0.25) is 0 Å². The van der Waals surface area contributed by atoms with Crippen molar-refractivity contribution in [2.45, 2.75) is 13.8 Å². The average Bonchev–Trinajstić information content (AvgIpc) is 2.23. The van der Waals surface area contributed by atoms with Crippen LogP contribution in [0.5, 0.6) is 0 Å². The van der Waals surface area contributed by atoms with Crippen LogP contribution in [-0.2, 0) is 0 Å². The lowest BCUT2D eigenvalue weighted by molar-refractivity contribution is 1.23. The van der Waals surface area contributed by atoms with E-state index in [1.807, 2.05) is 12.4 Å². The minimum atomic E-state index is 1.16. The predicted molar refractivity (Wildman–Crippen MR) is 59.6 cm³/mol. The highest BCUT2D eigenvalue weighted by molar-refractivity contribution is 15.0. The van der Waals surface area contributed by atoms with Crippen LogP contribution in [0, 0.1) is 13.8 Å². The fourth-order valence-electron chi connectivity index (χ4n) is 0.361. The molecule has 0 aliphatic heterocycles. The van der Waals surface area contributed by atoms with E-state index >= 15 is 0 Å². The highest BCUT2D eigenvalue weighted by Crippen LogP contribution is 2.07. The molecule has 1 nitrogen and oxygen atoms in total. The van der Waals surface area contributed by atoms with Crippen molar-refractivity contribution in [3.8, 4) is 0 Å². The second kappa shape index (κ2) is 5.84. The Morgan fingerprint density at radius 2 is 2.00 bits per heavy atom. The molecule has 0 aliphatic carbocycles. The van der Waals surface area contributed by atoms with Gasteiger partial charge in [-0.2, -0.15) is 0 Å². The predicted octanol–water partition coefficient (Wildman–Crippen LogP) is 3.53. The van der Waals surface area contributed by atoms with E-state index < -0.39 is 0 Å². The van der Waals surface area contributed by atoms with E-state index in [0.717, 1.165) is 5.69 Å². The minimum absolute atomic E-state index is 1.16. The first-order chi connectivity index (χ1) is 4.30. The Kier molecular flexibility index (Phi) is 6.55. The molecule has 1 heterocycles. The maximum absolute atomic E-state index is 4.03. The summed E-state index contributed by atoms with van der Waals surface area (Å²) in [5.41, 5.74) is 3.02.